The molecule has 2 heterocycles. The third kappa shape index (κ3) is 4.13. The fourth-order valence-electron chi connectivity index (χ4n) is 3.56. The topological polar surface area (TPSA) is 86.2 Å². The zero-order valence-electron chi connectivity index (χ0n) is 16.2. The van der Waals surface area contributed by atoms with E-state index in [0.29, 0.717) is 12.1 Å². The van der Waals surface area contributed by atoms with Crippen LogP contribution in [0.25, 0.3) is 0 Å². The maximum atomic E-state index is 13.5. The van der Waals surface area contributed by atoms with Crippen LogP contribution in [0.3, 0.4) is 0 Å². The molecule has 1 fully saturated rings. The van der Waals surface area contributed by atoms with E-state index in [-0.39, 0.29) is 24.0 Å². The van der Waals surface area contributed by atoms with Gasteiger partial charge in [0, 0.05) is 35.5 Å². The molecule has 3 rings (SSSR count). The summed E-state index contributed by atoms with van der Waals surface area (Å²) in [6.45, 7) is 1.63. The summed E-state index contributed by atoms with van der Waals surface area (Å²) >= 11 is 3.33. The van der Waals surface area contributed by atoms with Crippen molar-refractivity contribution >= 4 is 33.3 Å². The third-order valence-electron chi connectivity index (χ3n) is 5.06. The lowest BCUT2D eigenvalue weighted by Gasteiger charge is -2.31. The van der Waals surface area contributed by atoms with E-state index in [9.17, 15) is 23.2 Å². The Bertz CT molecular complexity index is 1000. The van der Waals surface area contributed by atoms with Crippen LogP contribution in [0, 0.1) is 18.3 Å². The minimum Gasteiger partial charge on any atom is -0.342 e. The summed E-state index contributed by atoms with van der Waals surface area (Å²) in [6, 6.07) is 7.92. The molecule has 158 valence electrons. The van der Waals surface area contributed by atoms with E-state index in [2.05, 4.69) is 20.9 Å². The van der Waals surface area contributed by atoms with Crippen LogP contribution in [0.2, 0.25) is 0 Å². The smallest absolute Gasteiger partial charge is 0.342 e. The van der Waals surface area contributed by atoms with Gasteiger partial charge in [-0.05, 0) is 43.7 Å². The van der Waals surface area contributed by atoms with Gasteiger partial charge in [-0.1, -0.05) is 15.9 Å². The molecule has 0 bridgehead atoms. The summed E-state index contributed by atoms with van der Waals surface area (Å²) < 4.78 is 41.3. The number of aromatic nitrogens is 1. The van der Waals surface area contributed by atoms with E-state index in [4.69, 9.17) is 5.73 Å². The number of alkyl halides is 3. The molecule has 1 amide bonds. The van der Waals surface area contributed by atoms with Crippen molar-refractivity contribution in [1.29, 1.82) is 5.26 Å². The molecule has 30 heavy (non-hydrogen) atoms. The number of pyridine rings is 1. The van der Waals surface area contributed by atoms with Crippen molar-refractivity contribution < 1.29 is 18.0 Å². The molecular formula is C20H19BrF3N5O. The SMILES string of the molecule is Cc1cc(C(F)(F)F)c(C#N)c(N2CCC(N)C2C(=O)N(C)c2ccc(Br)cc2)n1. The summed E-state index contributed by atoms with van der Waals surface area (Å²) in [4.78, 5) is 20.3. The van der Waals surface area contributed by atoms with Crippen LogP contribution in [0.5, 0.6) is 0 Å². The maximum Gasteiger partial charge on any atom is 0.417 e. The summed E-state index contributed by atoms with van der Waals surface area (Å²) in [5, 5.41) is 9.47. The molecule has 1 aliphatic rings. The molecule has 1 aromatic heterocycles. The lowest BCUT2D eigenvalue weighted by atomic mass is 10.1. The van der Waals surface area contributed by atoms with E-state index in [0.717, 1.165) is 10.5 Å². The number of hydrogen-bond acceptors (Lipinski definition) is 5. The Balaban J connectivity index is 2.04. The number of rotatable bonds is 3. The van der Waals surface area contributed by atoms with Crippen LogP contribution in [0.15, 0.2) is 34.8 Å². The molecular weight excluding hydrogens is 463 g/mol. The first kappa shape index (κ1) is 22.1. The van der Waals surface area contributed by atoms with Crippen LogP contribution in [0.4, 0.5) is 24.7 Å². The summed E-state index contributed by atoms with van der Waals surface area (Å²) in [7, 11) is 1.57. The van der Waals surface area contributed by atoms with Crippen molar-refractivity contribution in [2.45, 2.75) is 31.6 Å². The minimum absolute atomic E-state index is 0.101. The van der Waals surface area contributed by atoms with Crippen molar-refractivity contribution in [2.24, 2.45) is 5.73 Å². The van der Waals surface area contributed by atoms with E-state index >= 15 is 0 Å². The number of aryl methyl sites for hydroxylation is 1. The van der Waals surface area contributed by atoms with Gasteiger partial charge in [-0.15, -0.1) is 0 Å². The zero-order chi connectivity index (χ0) is 22.2. The van der Waals surface area contributed by atoms with E-state index in [1.165, 1.54) is 16.7 Å². The highest BCUT2D eigenvalue weighted by Crippen LogP contribution is 2.37. The average molecular weight is 482 g/mol. The van der Waals surface area contributed by atoms with Gasteiger partial charge in [-0.3, -0.25) is 4.79 Å². The first-order valence-corrected chi connectivity index (χ1v) is 9.88. The molecule has 2 atom stereocenters. The number of amides is 1. The van der Waals surface area contributed by atoms with Crippen molar-refractivity contribution in [3.05, 3.63) is 51.6 Å². The second kappa shape index (κ2) is 8.24. The Hall–Kier alpha value is -2.64. The quantitative estimate of drug-likeness (QED) is 0.723. The molecule has 0 spiro atoms. The van der Waals surface area contributed by atoms with E-state index in [1.54, 1.807) is 37.4 Å². The number of carbonyl (C=O) groups is 1. The number of hydrogen-bond donors (Lipinski definition) is 1. The lowest BCUT2D eigenvalue weighted by Crippen LogP contribution is -2.52. The molecule has 0 radical (unpaired) electrons. The van der Waals surface area contributed by atoms with Gasteiger partial charge in [0.15, 0.2) is 0 Å². The number of likely N-dealkylation sites (N-methyl/N-ethyl adjacent to an activating group) is 1. The monoisotopic (exact) mass is 481 g/mol. The second-order valence-electron chi connectivity index (χ2n) is 7.08. The number of nitrogens with two attached hydrogens (primary N) is 1. The Morgan fingerprint density at radius 3 is 2.57 bits per heavy atom. The molecule has 1 aromatic carbocycles. The van der Waals surface area contributed by atoms with Gasteiger partial charge >= 0.3 is 6.18 Å². The van der Waals surface area contributed by atoms with Crippen LogP contribution in [-0.2, 0) is 11.0 Å². The highest BCUT2D eigenvalue weighted by molar-refractivity contribution is 9.10. The van der Waals surface area contributed by atoms with Gasteiger partial charge in [-0.2, -0.15) is 18.4 Å². The van der Waals surface area contributed by atoms with Gasteiger partial charge in [0.05, 0.1) is 5.56 Å². The average Bonchev–Trinajstić information content (AvgIpc) is 3.07. The molecule has 1 saturated heterocycles. The standard InChI is InChI=1S/C20H19BrF3N5O/c1-11-9-15(20(22,23)24)14(10-25)18(27-11)29-8-7-16(26)17(29)19(30)28(2)13-5-3-12(21)4-6-13/h3-6,9,16-17H,7-8,26H2,1-2H3. The molecule has 1 aliphatic heterocycles. The Morgan fingerprint density at radius 2 is 2.00 bits per heavy atom. The highest BCUT2D eigenvalue weighted by Gasteiger charge is 2.43. The van der Waals surface area contributed by atoms with Gasteiger partial charge < -0.3 is 15.5 Å². The number of carbonyl (C=O) groups excluding carboxylic acids is 1. The lowest BCUT2D eigenvalue weighted by molar-refractivity contribution is -0.137. The van der Waals surface area contributed by atoms with Crippen LogP contribution in [-0.4, -0.2) is 36.6 Å². The largest absolute Gasteiger partial charge is 0.417 e. The number of benzene rings is 1. The predicted molar refractivity (Wildman–Crippen MR) is 110 cm³/mol. The summed E-state index contributed by atoms with van der Waals surface area (Å²) in [6.07, 6.45) is -4.34. The molecule has 2 N–H and O–H groups in total. The maximum absolute atomic E-state index is 13.5. The Kier molecular flexibility index (Phi) is 6.06. The predicted octanol–water partition coefficient (Wildman–Crippen LogP) is 3.61. The molecule has 6 nitrogen and oxygen atoms in total. The van der Waals surface area contributed by atoms with Crippen molar-refractivity contribution in [3.63, 3.8) is 0 Å². The van der Waals surface area contributed by atoms with Crippen LogP contribution < -0.4 is 15.5 Å². The Labute approximate surface area is 180 Å². The Morgan fingerprint density at radius 1 is 1.37 bits per heavy atom. The normalized spacial score (nSPS) is 18.9. The van der Waals surface area contributed by atoms with Gasteiger partial charge in [0.25, 0.3) is 5.91 Å². The number of anilines is 2. The van der Waals surface area contributed by atoms with Gasteiger partial charge in [0.2, 0.25) is 0 Å². The first-order valence-electron chi connectivity index (χ1n) is 9.09. The fourth-order valence-corrected chi connectivity index (χ4v) is 3.82. The second-order valence-corrected chi connectivity index (χ2v) is 8.00. The van der Waals surface area contributed by atoms with E-state index in [1.807, 2.05) is 0 Å². The highest BCUT2D eigenvalue weighted by atomic mass is 79.9. The number of nitrogens with zero attached hydrogens (tertiary/aromatic N) is 4. The molecule has 2 aromatic rings. The van der Waals surface area contributed by atoms with Crippen molar-refractivity contribution in [3.8, 4) is 6.07 Å². The van der Waals surface area contributed by atoms with Crippen molar-refractivity contribution in [2.75, 3.05) is 23.4 Å². The van der Waals surface area contributed by atoms with Gasteiger partial charge in [0.1, 0.15) is 23.5 Å². The fraction of sp³-hybridized carbons (Fsp3) is 0.350. The van der Waals surface area contributed by atoms with Crippen LogP contribution >= 0.6 is 15.9 Å². The van der Waals surface area contributed by atoms with Crippen molar-refractivity contribution in [1.82, 2.24) is 4.98 Å². The number of halogens is 4. The third-order valence-corrected chi connectivity index (χ3v) is 5.59. The molecule has 0 saturated carbocycles. The first-order chi connectivity index (χ1) is 14.0. The minimum atomic E-state index is -4.72. The zero-order valence-corrected chi connectivity index (χ0v) is 17.8. The van der Waals surface area contributed by atoms with E-state index < -0.39 is 29.4 Å². The number of nitriles is 1. The molecule has 10 heteroatoms. The molecule has 0 aliphatic carbocycles. The summed E-state index contributed by atoms with van der Waals surface area (Å²) in [5.74, 6) is -0.552. The summed E-state index contributed by atoms with van der Waals surface area (Å²) in [5.41, 5.74) is 5.21. The van der Waals surface area contributed by atoms with Crippen LogP contribution in [0.1, 0.15) is 23.2 Å². The molecule has 2 unspecified atom stereocenters. The van der Waals surface area contributed by atoms with Gasteiger partial charge in [-0.25, -0.2) is 4.98 Å².